The minimum absolute atomic E-state index is 0.164. The largest absolute Gasteiger partial charge is 0.493 e. The summed E-state index contributed by atoms with van der Waals surface area (Å²) in [6.07, 6.45) is 4.77. The summed E-state index contributed by atoms with van der Waals surface area (Å²) in [6, 6.07) is 5.01. The number of carbonyl (C=O) groups excluding carboxylic acids is 1. The lowest BCUT2D eigenvalue weighted by Crippen LogP contribution is -1.97. The molecule has 2 aromatic rings. The molecule has 0 bridgehead atoms. The molecule has 0 atom stereocenters. The number of aromatic nitrogens is 2. The highest BCUT2D eigenvalue weighted by molar-refractivity contribution is 6.31. The molecule has 0 amide bonds. The number of carbonyl (C=O) groups is 1. The number of methoxy groups -OCH3 is 2. The van der Waals surface area contributed by atoms with Crippen LogP contribution in [0, 0.1) is 0 Å². The quantitative estimate of drug-likeness (QED) is 0.604. The molecule has 6 heteroatoms. The molecule has 0 unspecified atom stereocenters. The van der Waals surface area contributed by atoms with Gasteiger partial charge in [-0.2, -0.15) is 5.10 Å². The Morgan fingerprint density at radius 1 is 1.32 bits per heavy atom. The van der Waals surface area contributed by atoms with Gasteiger partial charge in [0, 0.05) is 18.3 Å². The minimum Gasteiger partial charge on any atom is -0.493 e. The zero-order valence-corrected chi connectivity index (χ0v) is 13.4. The lowest BCUT2D eigenvalue weighted by molar-refractivity contribution is 0.104. The van der Waals surface area contributed by atoms with Crippen molar-refractivity contribution >= 4 is 23.5 Å². The van der Waals surface area contributed by atoms with Gasteiger partial charge in [0.15, 0.2) is 17.3 Å². The van der Waals surface area contributed by atoms with E-state index in [1.54, 1.807) is 42.3 Å². The summed E-state index contributed by atoms with van der Waals surface area (Å²) in [5.74, 6) is 0.922. The van der Waals surface area contributed by atoms with Gasteiger partial charge in [-0.05, 0) is 37.3 Å². The smallest absolute Gasteiger partial charge is 0.186 e. The Balaban J connectivity index is 2.21. The van der Waals surface area contributed by atoms with Gasteiger partial charge < -0.3 is 9.47 Å². The number of benzene rings is 1. The number of halogens is 1. The molecular formula is C16H17ClN2O3. The Labute approximate surface area is 134 Å². The number of aryl methyl sites for hydroxylation is 1. The van der Waals surface area contributed by atoms with E-state index in [4.69, 9.17) is 21.1 Å². The van der Waals surface area contributed by atoms with Crippen LogP contribution < -0.4 is 9.47 Å². The highest BCUT2D eigenvalue weighted by Crippen LogP contribution is 2.28. The average Bonchev–Trinajstić information content (AvgIpc) is 2.92. The lowest BCUT2D eigenvalue weighted by atomic mass is 10.1. The third-order valence-electron chi connectivity index (χ3n) is 3.13. The van der Waals surface area contributed by atoms with Crippen molar-refractivity contribution < 1.29 is 14.3 Å². The first-order valence-corrected chi connectivity index (χ1v) is 7.14. The molecule has 0 saturated heterocycles. The highest BCUT2D eigenvalue weighted by atomic mass is 35.5. The number of rotatable bonds is 6. The van der Waals surface area contributed by atoms with Gasteiger partial charge in [0.05, 0.1) is 19.2 Å². The molecule has 0 aliphatic heterocycles. The van der Waals surface area contributed by atoms with Crippen molar-refractivity contribution in [3.8, 4) is 11.5 Å². The summed E-state index contributed by atoms with van der Waals surface area (Å²) < 4.78 is 12.0. The van der Waals surface area contributed by atoms with Crippen LogP contribution in [0.25, 0.3) is 6.08 Å². The van der Waals surface area contributed by atoms with Crippen molar-refractivity contribution in [2.45, 2.75) is 13.5 Å². The molecule has 0 aliphatic carbocycles. The van der Waals surface area contributed by atoms with Crippen LogP contribution in [-0.4, -0.2) is 29.8 Å². The number of allylic oxidation sites excluding steroid dienone is 1. The molecule has 22 heavy (non-hydrogen) atoms. The summed E-state index contributed by atoms with van der Waals surface area (Å²) in [4.78, 5) is 12.2. The first kappa shape index (κ1) is 16.1. The van der Waals surface area contributed by atoms with Crippen LogP contribution in [0.5, 0.6) is 11.5 Å². The van der Waals surface area contributed by atoms with Gasteiger partial charge in [-0.1, -0.05) is 11.6 Å². The molecular weight excluding hydrogens is 304 g/mol. The Kier molecular flexibility index (Phi) is 5.22. The van der Waals surface area contributed by atoms with E-state index in [9.17, 15) is 4.79 Å². The summed E-state index contributed by atoms with van der Waals surface area (Å²) in [5.41, 5.74) is 1.07. The zero-order chi connectivity index (χ0) is 16.1. The van der Waals surface area contributed by atoms with Crippen LogP contribution >= 0.6 is 11.6 Å². The Hall–Kier alpha value is -2.27. The molecule has 1 heterocycles. The predicted octanol–water partition coefficient (Wildman–Crippen LogP) is 3.47. The zero-order valence-electron chi connectivity index (χ0n) is 12.7. The van der Waals surface area contributed by atoms with E-state index in [-0.39, 0.29) is 5.78 Å². The molecule has 0 radical (unpaired) electrons. The van der Waals surface area contributed by atoms with Crippen molar-refractivity contribution in [2.75, 3.05) is 14.2 Å². The standard InChI is InChI=1S/C16H17ClN2O3/c1-4-19-10-12(17)13(18-19)6-7-14(20)11-5-8-15(21-2)16(9-11)22-3/h5-10H,4H2,1-3H3/b7-6+. The fraction of sp³-hybridized carbons (Fsp3) is 0.250. The van der Waals surface area contributed by atoms with Crippen LogP contribution in [0.4, 0.5) is 0 Å². The van der Waals surface area contributed by atoms with E-state index < -0.39 is 0 Å². The fourth-order valence-electron chi connectivity index (χ4n) is 1.93. The summed E-state index contributed by atoms with van der Waals surface area (Å²) in [6.45, 7) is 2.68. The van der Waals surface area contributed by atoms with Crippen LogP contribution in [0.2, 0.25) is 5.02 Å². The van der Waals surface area contributed by atoms with Gasteiger partial charge in [-0.3, -0.25) is 9.48 Å². The molecule has 0 aliphatic rings. The number of ketones is 1. The maximum Gasteiger partial charge on any atom is 0.186 e. The molecule has 2 rings (SSSR count). The van der Waals surface area contributed by atoms with Gasteiger partial charge in [-0.15, -0.1) is 0 Å². The number of nitrogens with zero attached hydrogens (tertiary/aromatic N) is 2. The van der Waals surface area contributed by atoms with Gasteiger partial charge in [-0.25, -0.2) is 0 Å². The van der Waals surface area contributed by atoms with E-state index in [1.165, 1.54) is 13.2 Å². The fourth-order valence-corrected chi connectivity index (χ4v) is 2.14. The molecule has 116 valence electrons. The Bertz CT molecular complexity index is 707. The van der Waals surface area contributed by atoms with Gasteiger partial charge in [0.25, 0.3) is 0 Å². The predicted molar refractivity (Wildman–Crippen MR) is 85.8 cm³/mol. The number of ether oxygens (including phenoxy) is 2. The maximum absolute atomic E-state index is 12.2. The average molecular weight is 321 g/mol. The molecule has 0 N–H and O–H groups in total. The monoisotopic (exact) mass is 320 g/mol. The normalized spacial score (nSPS) is 10.9. The van der Waals surface area contributed by atoms with Gasteiger partial charge in [0.1, 0.15) is 5.69 Å². The molecule has 1 aromatic carbocycles. The van der Waals surface area contributed by atoms with Crippen LogP contribution in [0.15, 0.2) is 30.5 Å². The Morgan fingerprint density at radius 3 is 2.64 bits per heavy atom. The second kappa shape index (κ2) is 7.13. The molecule has 0 spiro atoms. The van der Waals surface area contributed by atoms with Gasteiger partial charge in [0.2, 0.25) is 0 Å². The van der Waals surface area contributed by atoms with E-state index in [0.717, 1.165) is 6.54 Å². The lowest BCUT2D eigenvalue weighted by Gasteiger charge is -2.07. The van der Waals surface area contributed by atoms with Crippen molar-refractivity contribution in [1.29, 1.82) is 0 Å². The highest BCUT2D eigenvalue weighted by Gasteiger charge is 2.09. The van der Waals surface area contributed by atoms with Crippen molar-refractivity contribution in [3.63, 3.8) is 0 Å². The summed E-state index contributed by atoms with van der Waals surface area (Å²) >= 11 is 6.06. The third-order valence-corrected chi connectivity index (χ3v) is 3.42. The third kappa shape index (κ3) is 3.49. The van der Waals surface area contributed by atoms with Crippen molar-refractivity contribution in [1.82, 2.24) is 9.78 Å². The van der Waals surface area contributed by atoms with Crippen LogP contribution in [0.1, 0.15) is 23.0 Å². The summed E-state index contributed by atoms with van der Waals surface area (Å²) in [7, 11) is 3.07. The van der Waals surface area contributed by atoms with Crippen LogP contribution in [0.3, 0.4) is 0 Å². The SMILES string of the molecule is CCn1cc(Cl)c(/C=C/C(=O)c2ccc(OC)c(OC)c2)n1. The first-order chi connectivity index (χ1) is 10.6. The van der Waals surface area contributed by atoms with Crippen molar-refractivity contribution in [2.24, 2.45) is 0 Å². The number of hydrogen-bond acceptors (Lipinski definition) is 4. The number of hydrogen-bond donors (Lipinski definition) is 0. The summed E-state index contributed by atoms with van der Waals surface area (Å²) in [5, 5.41) is 4.77. The van der Waals surface area contributed by atoms with E-state index >= 15 is 0 Å². The minimum atomic E-state index is -0.164. The van der Waals surface area contributed by atoms with E-state index in [0.29, 0.717) is 27.8 Å². The first-order valence-electron chi connectivity index (χ1n) is 6.76. The molecule has 0 fully saturated rings. The van der Waals surface area contributed by atoms with Crippen LogP contribution in [-0.2, 0) is 6.54 Å². The second-order valence-electron chi connectivity index (χ2n) is 4.49. The molecule has 1 aromatic heterocycles. The second-order valence-corrected chi connectivity index (χ2v) is 4.89. The van der Waals surface area contributed by atoms with Gasteiger partial charge >= 0.3 is 0 Å². The van der Waals surface area contributed by atoms with E-state index in [1.807, 2.05) is 6.92 Å². The maximum atomic E-state index is 12.2. The Morgan fingerprint density at radius 2 is 2.05 bits per heavy atom. The molecule has 5 nitrogen and oxygen atoms in total. The topological polar surface area (TPSA) is 53.4 Å². The molecule has 0 saturated carbocycles. The van der Waals surface area contributed by atoms with E-state index in [2.05, 4.69) is 5.10 Å². The van der Waals surface area contributed by atoms with Crippen molar-refractivity contribution in [3.05, 3.63) is 46.8 Å².